The van der Waals surface area contributed by atoms with Crippen molar-refractivity contribution < 1.29 is 28.2 Å². The van der Waals surface area contributed by atoms with Crippen LogP contribution < -0.4 is 25.4 Å². The molecule has 4 aromatic carbocycles. The highest BCUT2D eigenvalue weighted by molar-refractivity contribution is 8.00. The largest absolute Gasteiger partial charge is 0.497 e. The molecule has 8 nitrogen and oxygen atoms in total. The van der Waals surface area contributed by atoms with Gasteiger partial charge in [0.05, 0.1) is 25.2 Å². The summed E-state index contributed by atoms with van der Waals surface area (Å²) in [7, 11) is 3.06. The minimum atomic E-state index is -0.630. The van der Waals surface area contributed by atoms with Crippen molar-refractivity contribution in [2.45, 2.75) is 17.1 Å². The Morgan fingerprint density at radius 2 is 1.53 bits per heavy atom. The number of benzene rings is 4. The van der Waals surface area contributed by atoms with Crippen LogP contribution >= 0.6 is 11.8 Å². The van der Waals surface area contributed by atoms with E-state index in [1.807, 2.05) is 0 Å². The van der Waals surface area contributed by atoms with Crippen LogP contribution in [0.1, 0.15) is 22.8 Å². The fourth-order valence-electron chi connectivity index (χ4n) is 3.90. The molecular weight excluding hydrogens is 569 g/mol. The molecule has 0 saturated heterocycles. The zero-order valence-electron chi connectivity index (χ0n) is 23.7. The van der Waals surface area contributed by atoms with E-state index in [-0.39, 0.29) is 17.2 Å². The first-order valence-corrected chi connectivity index (χ1v) is 14.1. The van der Waals surface area contributed by atoms with E-state index in [4.69, 9.17) is 9.47 Å². The Labute approximate surface area is 253 Å². The van der Waals surface area contributed by atoms with Crippen LogP contribution in [0.15, 0.2) is 108 Å². The molecule has 220 valence electrons. The standard InChI is InChI=1S/C33H30FN3O5S/c1-21(31(38)36-28-18-15-25(41-2)20-30(28)42-3)43-26-16-13-24(14-17-26)35-33(40)29(19-23-11-7-8-12-27(23)34)37-32(39)22-9-5-4-6-10-22/h4-21H,1-3H3,(H,35,40)(H,36,38)(H,37,39)/b29-19-. The monoisotopic (exact) mass is 599 g/mol. The molecule has 0 aliphatic heterocycles. The summed E-state index contributed by atoms with van der Waals surface area (Å²) in [5, 5.41) is 7.75. The Hall–Kier alpha value is -5.09. The number of thioether (sulfide) groups is 1. The summed E-state index contributed by atoms with van der Waals surface area (Å²) in [6, 6.07) is 26.4. The first kappa shape index (κ1) is 30.9. The molecule has 43 heavy (non-hydrogen) atoms. The number of halogens is 1. The Morgan fingerprint density at radius 1 is 0.837 bits per heavy atom. The van der Waals surface area contributed by atoms with Gasteiger partial charge in [-0.2, -0.15) is 0 Å². The summed E-state index contributed by atoms with van der Waals surface area (Å²) in [5.41, 5.74) is 1.34. The quantitative estimate of drug-likeness (QED) is 0.137. The van der Waals surface area contributed by atoms with Gasteiger partial charge in [0.15, 0.2) is 0 Å². The van der Waals surface area contributed by atoms with Crippen molar-refractivity contribution in [3.05, 3.63) is 120 Å². The van der Waals surface area contributed by atoms with E-state index in [2.05, 4.69) is 16.0 Å². The Bertz CT molecular complexity index is 1630. The van der Waals surface area contributed by atoms with Crippen molar-refractivity contribution in [1.29, 1.82) is 0 Å². The minimum absolute atomic E-state index is 0.128. The molecule has 0 aromatic heterocycles. The highest BCUT2D eigenvalue weighted by Gasteiger charge is 2.18. The Morgan fingerprint density at radius 3 is 2.21 bits per heavy atom. The predicted octanol–water partition coefficient (Wildman–Crippen LogP) is 6.37. The summed E-state index contributed by atoms with van der Waals surface area (Å²) < 4.78 is 24.9. The van der Waals surface area contributed by atoms with Crippen LogP contribution in [0.3, 0.4) is 0 Å². The summed E-state index contributed by atoms with van der Waals surface area (Å²) in [6.07, 6.45) is 1.29. The van der Waals surface area contributed by atoms with Crippen LogP contribution in [0.25, 0.3) is 6.08 Å². The minimum Gasteiger partial charge on any atom is -0.497 e. The van der Waals surface area contributed by atoms with E-state index in [0.717, 1.165) is 4.90 Å². The van der Waals surface area contributed by atoms with Crippen LogP contribution in [0, 0.1) is 5.82 Å². The van der Waals surface area contributed by atoms with Crippen molar-refractivity contribution in [1.82, 2.24) is 5.32 Å². The van der Waals surface area contributed by atoms with E-state index in [0.29, 0.717) is 28.4 Å². The predicted molar refractivity (Wildman–Crippen MR) is 167 cm³/mol. The van der Waals surface area contributed by atoms with Gasteiger partial charge in [-0.1, -0.05) is 36.4 Å². The number of anilines is 2. The number of ether oxygens (including phenoxy) is 2. The number of hydrogen-bond acceptors (Lipinski definition) is 6. The SMILES string of the molecule is COc1ccc(NC(=O)C(C)Sc2ccc(NC(=O)/C(=C/c3ccccc3F)NC(=O)c3ccccc3)cc2)c(OC)c1. The van der Waals surface area contributed by atoms with Crippen molar-refractivity contribution >= 4 is 46.9 Å². The number of nitrogens with one attached hydrogen (secondary N) is 3. The molecule has 0 fully saturated rings. The lowest BCUT2D eigenvalue weighted by atomic mass is 10.1. The average molecular weight is 600 g/mol. The molecule has 4 rings (SSSR count). The third kappa shape index (κ3) is 8.46. The molecule has 3 amide bonds. The number of amides is 3. The lowest BCUT2D eigenvalue weighted by Gasteiger charge is -2.15. The van der Waals surface area contributed by atoms with Crippen LogP contribution in [-0.4, -0.2) is 37.2 Å². The van der Waals surface area contributed by atoms with Crippen LogP contribution in [0.4, 0.5) is 15.8 Å². The number of methoxy groups -OCH3 is 2. The topological polar surface area (TPSA) is 106 Å². The van der Waals surface area contributed by atoms with E-state index in [1.54, 1.807) is 92.9 Å². The fraction of sp³-hybridized carbons (Fsp3) is 0.121. The highest BCUT2D eigenvalue weighted by atomic mass is 32.2. The van der Waals surface area contributed by atoms with Gasteiger partial charge in [0.1, 0.15) is 23.0 Å². The summed E-state index contributed by atoms with van der Waals surface area (Å²) in [6.45, 7) is 1.78. The third-order valence-corrected chi connectivity index (χ3v) is 7.31. The fourth-order valence-corrected chi connectivity index (χ4v) is 4.77. The van der Waals surface area contributed by atoms with Crippen molar-refractivity contribution in [2.24, 2.45) is 0 Å². The second kappa shape index (κ2) is 14.7. The summed E-state index contributed by atoms with van der Waals surface area (Å²) >= 11 is 1.34. The van der Waals surface area contributed by atoms with Crippen molar-refractivity contribution in [2.75, 3.05) is 24.9 Å². The number of rotatable bonds is 11. The van der Waals surface area contributed by atoms with E-state index in [1.165, 1.54) is 43.1 Å². The molecule has 4 aromatic rings. The smallest absolute Gasteiger partial charge is 0.272 e. The van der Waals surface area contributed by atoms with Gasteiger partial charge in [-0.25, -0.2) is 4.39 Å². The molecule has 1 unspecified atom stereocenters. The first-order valence-electron chi connectivity index (χ1n) is 13.2. The lowest BCUT2D eigenvalue weighted by Crippen LogP contribution is -2.30. The zero-order chi connectivity index (χ0) is 30.8. The van der Waals surface area contributed by atoms with Gasteiger partial charge in [0, 0.05) is 27.8 Å². The second-order valence-corrected chi connectivity index (χ2v) is 10.6. The molecule has 0 aliphatic rings. The Balaban J connectivity index is 1.43. The lowest BCUT2D eigenvalue weighted by molar-refractivity contribution is -0.115. The van der Waals surface area contributed by atoms with Gasteiger partial charge in [-0.3, -0.25) is 14.4 Å². The number of hydrogen-bond donors (Lipinski definition) is 3. The molecule has 10 heteroatoms. The molecule has 1 atom stereocenters. The van der Waals surface area contributed by atoms with E-state index in [9.17, 15) is 18.8 Å². The van der Waals surface area contributed by atoms with Crippen LogP contribution in [0.5, 0.6) is 11.5 Å². The van der Waals surface area contributed by atoms with Gasteiger partial charge in [0.2, 0.25) is 5.91 Å². The molecule has 0 spiro atoms. The normalized spacial score (nSPS) is 11.7. The molecule has 3 N–H and O–H groups in total. The third-order valence-electron chi connectivity index (χ3n) is 6.19. The van der Waals surface area contributed by atoms with Crippen molar-refractivity contribution in [3.63, 3.8) is 0 Å². The molecular formula is C33H30FN3O5S. The van der Waals surface area contributed by atoms with Gasteiger partial charge in [-0.05, 0) is 67.6 Å². The molecule has 0 heterocycles. The number of carbonyl (C=O) groups is 3. The first-order chi connectivity index (χ1) is 20.8. The molecule has 0 saturated carbocycles. The maximum atomic E-state index is 14.4. The summed E-state index contributed by atoms with van der Waals surface area (Å²) in [4.78, 5) is 39.7. The molecule has 0 radical (unpaired) electrons. The Kier molecular flexibility index (Phi) is 10.5. The maximum absolute atomic E-state index is 14.4. The van der Waals surface area contributed by atoms with Gasteiger partial charge < -0.3 is 25.4 Å². The van der Waals surface area contributed by atoms with Gasteiger partial charge in [0.25, 0.3) is 11.8 Å². The van der Waals surface area contributed by atoms with Crippen LogP contribution in [0.2, 0.25) is 0 Å². The number of carbonyl (C=O) groups excluding carboxylic acids is 3. The van der Waals surface area contributed by atoms with Crippen LogP contribution in [-0.2, 0) is 9.59 Å². The van der Waals surface area contributed by atoms with Gasteiger partial charge >= 0.3 is 0 Å². The van der Waals surface area contributed by atoms with E-state index < -0.39 is 22.9 Å². The average Bonchev–Trinajstić information content (AvgIpc) is 3.03. The van der Waals surface area contributed by atoms with E-state index >= 15 is 0 Å². The summed E-state index contributed by atoms with van der Waals surface area (Å²) in [5.74, 6) is -0.806. The highest BCUT2D eigenvalue weighted by Crippen LogP contribution is 2.31. The molecule has 0 bridgehead atoms. The second-order valence-electron chi connectivity index (χ2n) is 9.19. The maximum Gasteiger partial charge on any atom is 0.272 e. The zero-order valence-corrected chi connectivity index (χ0v) is 24.5. The van der Waals surface area contributed by atoms with Crippen molar-refractivity contribution in [3.8, 4) is 11.5 Å². The molecule has 0 aliphatic carbocycles. The van der Waals surface area contributed by atoms with Gasteiger partial charge in [-0.15, -0.1) is 11.8 Å².